The standard InChI is InChI=1S/C16H22N2O/c1-9-3-6-14(17)15(10(9)2)18-16(19)13-8-11-4-5-12(13)7-11/h3,6,11-13H,4-5,7-8,17H2,1-2H3,(H,18,19). The zero-order chi connectivity index (χ0) is 13.6. The number of carbonyl (C=O) groups excluding carboxylic acids is 1. The van der Waals surface area contributed by atoms with Gasteiger partial charge in [-0.2, -0.15) is 0 Å². The molecule has 3 heteroatoms. The van der Waals surface area contributed by atoms with Gasteiger partial charge in [-0.1, -0.05) is 12.5 Å². The summed E-state index contributed by atoms with van der Waals surface area (Å²) >= 11 is 0. The normalized spacial score (nSPS) is 28.6. The van der Waals surface area contributed by atoms with Crippen LogP contribution in [0.2, 0.25) is 0 Å². The molecule has 2 saturated carbocycles. The molecule has 19 heavy (non-hydrogen) atoms. The van der Waals surface area contributed by atoms with E-state index in [1.165, 1.54) is 19.3 Å². The molecule has 3 atom stereocenters. The van der Waals surface area contributed by atoms with E-state index in [1.807, 2.05) is 26.0 Å². The van der Waals surface area contributed by atoms with E-state index in [0.29, 0.717) is 11.6 Å². The molecule has 2 fully saturated rings. The first kappa shape index (κ1) is 12.5. The van der Waals surface area contributed by atoms with E-state index in [2.05, 4.69) is 5.32 Å². The Morgan fingerprint density at radius 3 is 2.68 bits per heavy atom. The Hall–Kier alpha value is -1.51. The van der Waals surface area contributed by atoms with Gasteiger partial charge in [0.15, 0.2) is 0 Å². The van der Waals surface area contributed by atoms with Gasteiger partial charge in [0.05, 0.1) is 11.4 Å². The van der Waals surface area contributed by atoms with Crippen LogP contribution in [0.5, 0.6) is 0 Å². The minimum atomic E-state index is 0.174. The van der Waals surface area contributed by atoms with Crippen molar-refractivity contribution in [3.63, 3.8) is 0 Å². The highest BCUT2D eigenvalue weighted by atomic mass is 16.1. The lowest BCUT2D eigenvalue weighted by atomic mass is 9.88. The third kappa shape index (κ3) is 2.11. The van der Waals surface area contributed by atoms with Crippen LogP contribution < -0.4 is 11.1 Å². The molecule has 2 bridgehead atoms. The molecule has 0 heterocycles. The van der Waals surface area contributed by atoms with Crippen molar-refractivity contribution in [1.29, 1.82) is 0 Å². The van der Waals surface area contributed by atoms with Crippen molar-refractivity contribution in [2.24, 2.45) is 17.8 Å². The van der Waals surface area contributed by atoms with Crippen LogP contribution in [0.15, 0.2) is 12.1 Å². The lowest BCUT2D eigenvalue weighted by Crippen LogP contribution is -2.27. The van der Waals surface area contributed by atoms with Crippen molar-refractivity contribution >= 4 is 17.3 Å². The predicted octanol–water partition coefficient (Wildman–Crippen LogP) is 3.26. The second-order valence-electron chi connectivity index (χ2n) is 6.24. The molecule has 0 aromatic heterocycles. The third-order valence-electron chi connectivity index (χ3n) is 5.09. The van der Waals surface area contributed by atoms with Gasteiger partial charge in [0.2, 0.25) is 5.91 Å². The minimum Gasteiger partial charge on any atom is -0.397 e. The lowest BCUT2D eigenvalue weighted by molar-refractivity contribution is -0.121. The Labute approximate surface area is 114 Å². The summed E-state index contributed by atoms with van der Waals surface area (Å²) in [7, 11) is 0. The van der Waals surface area contributed by atoms with Crippen LogP contribution in [-0.4, -0.2) is 5.91 Å². The highest BCUT2D eigenvalue weighted by molar-refractivity contribution is 5.97. The number of fused-ring (bicyclic) bond motifs is 2. The molecule has 3 N–H and O–H groups in total. The van der Waals surface area contributed by atoms with Gasteiger partial charge in [-0.3, -0.25) is 4.79 Å². The first-order valence-electron chi connectivity index (χ1n) is 7.22. The number of nitrogens with two attached hydrogens (primary N) is 1. The Kier molecular flexibility index (Phi) is 3.00. The lowest BCUT2D eigenvalue weighted by Gasteiger charge is -2.22. The maximum atomic E-state index is 12.5. The summed E-state index contributed by atoms with van der Waals surface area (Å²) in [6.07, 6.45) is 4.87. The summed E-state index contributed by atoms with van der Waals surface area (Å²) in [4.78, 5) is 12.5. The van der Waals surface area contributed by atoms with E-state index in [0.717, 1.165) is 29.2 Å². The van der Waals surface area contributed by atoms with Gasteiger partial charge in [-0.15, -0.1) is 0 Å². The van der Waals surface area contributed by atoms with Crippen LogP contribution in [-0.2, 0) is 4.79 Å². The van der Waals surface area contributed by atoms with Crippen molar-refractivity contribution in [2.75, 3.05) is 11.1 Å². The summed E-state index contributed by atoms with van der Waals surface area (Å²) in [5.41, 5.74) is 9.72. The van der Waals surface area contributed by atoms with E-state index in [4.69, 9.17) is 5.73 Å². The zero-order valence-electron chi connectivity index (χ0n) is 11.7. The van der Waals surface area contributed by atoms with E-state index in [9.17, 15) is 4.79 Å². The highest BCUT2D eigenvalue weighted by Crippen LogP contribution is 2.48. The fourth-order valence-corrected chi connectivity index (χ4v) is 3.78. The Morgan fingerprint density at radius 1 is 1.26 bits per heavy atom. The number of benzene rings is 1. The summed E-state index contributed by atoms with van der Waals surface area (Å²) in [5.74, 6) is 1.78. The molecule has 3 unspecified atom stereocenters. The van der Waals surface area contributed by atoms with Gasteiger partial charge in [0, 0.05) is 5.92 Å². The van der Waals surface area contributed by atoms with Crippen LogP contribution >= 0.6 is 0 Å². The molecule has 0 spiro atoms. The van der Waals surface area contributed by atoms with Gasteiger partial charge in [0.25, 0.3) is 0 Å². The SMILES string of the molecule is Cc1ccc(N)c(NC(=O)C2CC3CCC2C3)c1C. The van der Waals surface area contributed by atoms with Crippen molar-refractivity contribution in [2.45, 2.75) is 39.5 Å². The van der Waals surface area contributed by atoms with Gasteiger partial charge >= 0.3 is 0 Å². The summed E-state index contributed by atoms with van der Waals surface area (Å²) in [6.45, 7) is 4.06. The number of carbonyl (C=O) groups is 1. The van der Waals surface area contributed by atoms with Crippen LogP contribution in [0.3, 0.4) is 0 Å². The van der Waals surface area contributed by atoms with Crippen molar-refractivity contribution < 1.29 is 4.79 Å². The quantitative estimate of drug-likeness (QED) is 0.800. The number of nitrogen functional groups attached to an aromatic ring is 1. The smallest absolute Gasteiger partial charge is 0.227 e. The van der Waals surface area contributed by atoms with Gasteiger partial charge in [-0.05, 0) is 62.1 Å². The van der Waals surface area contributed by atoms with Crippen LogP contribution in [0.1, 0.15) is 36.8 Å². The zero-order valence-corrected chi connectivity index (χ0v) is 11.7. The molecular weight excluding hydrogens is 236 g/mol. The number of nitrogens with one attached hydrogen (secondary N) is 1. The molecular formula is C16H22N2O. The Balaban J connectivity index is 1.78. The van der Waals surface area contributed by atoms with Crippen LogP contribution in [0, 0.1) is 31.6 Å². The van der Waals surface area contributed by atoms with Gasteiger partial charge < -0.3 is 11.1 Å². The highest BCUT2D eigenvalue weighted by Gasteiger charge is 2.43. The van der Waals surface area contributed by atoms with E-state index in [-0.39, 0.29) is 11.8 Å². The Bertz CT molecular complexity index is 524. The summed E-state index contributed by atoms with van der Waals surface area (Å²) < 4.78 is 0. The van der Waals surface area contributed by atoms with Gasteiger partial charge in [0.1, 0.15) is 0 Å². The number of rotatable bonds is 2. The molecule has 0 radical (unpaired) electrons. The monoisotopic (exact) mass is 258 g/mol. The number of anilines is 2. The van der Waals surface area contributed by atoms with Crippen molar-refractivity contribution in [3.8, 4) is 0 Å². The number of hydrogen-bond acceptors (Lipinski definition) is 2. The summed E-state index contributed by atoms with van der Waals surface area (Å²) in [6, 6.07) is 3.87. The van der Waals surface area contributed by atoms with E-state index >= 15 is 0 Å². The fourth-order valence-electron chi connectivity index (χ4n) is 3.78. The first-order valence-corrected chi connectivity index (χ1v) is 7.22. The molecule has 1 aromatic carbocycles. The predicted molar refractivity (Wildman–Crippen MR) is 77.9 cm³/mol. The number of hydrogen-bond donors (Lipinski definition) is 2. The maximum absolute atomic E-state index is 12.5. The molecule has 0 aliphatic heterocycles. The molecule has 3 nitrogen and oxygen atoms in total. The third-order valence-corrected chi connectivity index (χ3v) is 5.09. The maximum Gasteiger partial charge on any atom is 0.227 e. The fraction of sp³-hybridized carbons (Fsp3) is 0.562. The molecule has 1 amide bonds. The first-order chi connectivity index (χ1) is 9.06. The average molecular weight is 258 g/mol. The number of aryl methyl sites for hydroxylation is 1. The van der Waals surface area contributed by atoms with E-state index in [1.54, 1.807) is 0 Å². The van der Waals surface area contributed by atoms with Crippen molar-refractivity contribution in [1.82, 2.24) is 0 Å². The molecule has 2 aliphatic carbocycles. The van der Waals surface area contributed by atoms with Crippen molar-refractivity contribution in [3.05, 3.63) is 23.3 Å². The molecule has 3 rings (SSSR count). The average Bonchev–Trinajstić information content (AvgIpc) is 3.01. The molecule has 102 valence electrons. The van der Waals surface area contributed by atoms with Crippen LogP contribution in [0.4, 0.5) is 11.4 Å². The second kappa shape index (κ2) is 4.55. The molecule has 2 aliphatic rings. The largest absolute Gasteiger partial charge is 0.397 e. The Morgan fingerprint density at radius 2 is 2.05 bits per heavy atom. The summed E-state index contributed by atoms with van der Waals surface area (Å²) in [5, 5.41) is 3.08. The van der Waals surface area contributed by atoms with E-state index < -0.39 is 0 Å². The molecule has 0 saturated heterocycles. The van der Waals surface area contributed by atoms with Crippen LogP contribution in [0.25, 0.3) is 0 Å². The molecule has 1 aromatic rings. The van der Waals surface area contributed by atoms with Gasteiger partial charge in [-0.25, -0.2) is 0 Å². The minimum absolute atomic E-state index is 0.174. The number of amides is 1. The second-order valence-corrected chi connectivity index (χ2v) is 6.24. The topological polar surface area (TPSA) is 55.1 Å².